The van der Waals surface area contributed by atoms with Crippen molar-refractivity contribution < 1.29 is 0 Å². The van der Waals surface area contributed by atoms with Crippen molar-refractivity contribution in [2.45, 2.75) is 25.7 Å². The Kier molecular flexibility index (Phi) is 2.46. The van der Waals surface area contributed by atoms with Gasteiger partial charge in [-0.05, 0) is 37.0 Å². The van der Waals surface area contributed by atoms with Crippen LogP contribution in [0.1, 0.15) is 36.1 Å². The van der Waals surface area contributed by atoms with Gasteiger partial charge in [-0.2, -0.15) is 10.5 Å². The van der Waals surface area contributed by atoms with Crippen LogP contribution in [-0.4, -0.2) is 6.54 Å². The molecule has 2 aliphatic rings. The molecule has 0 radical (unpaired) electrons. The Balaban J connectivity index is 1.77. The molecule has 0 unspecified atom stereocenters. The topological polar surface area (TPSA) is 85.6 Å². The van der Waals surface area contributed by atoms with Crippen molar-refractivity contribution in [3.05, 3.63) is 10.4 Å². The molecule has 92 valence electrons. The number of thiophene rings is 1. The van der Waals surface area contributed by atoms with Crippen LogP contribution in [0.15, 0.2) is 0 Å². The highest BCUT2D eigenvalue weighted by Crippen LogP contribution is 2.61. The highest BCUT2D eigenvalue weighted by Gasteiger charge is 2.53. The van der Waals surface area contributed by atoms with Gasteiger partial charge < -0.3 is 11.1 Å². The third-order valence-electron chi connectivity index (χ3n) is 4.10. The summed E-state index contributed by atoms with van der Waals surface area (Å²) in [7, 11) is 0. The lowest BCUT2D eigenvalue weighted by Gasteiger charge is -2.14. The predicted molar refractivity (Wildman–Crippen MR) is 71.0 cm³/mol. The monoisotopic (exact) mass is 258 g/mol. The van der Waals surface area contributed by atoms with Gasteiger partial charge in [0.1, 0.15) is 27.6 Å². The van der Waals surface area contributed by atoms with Gasteiger partial charge in [0, 0.05) is 6.54 Å². The molecule has 0 atom stereocenters. The molecule has 2 saturated carbocycles. The van der Waals surface area contributed by atoms with E-state index in [1.54, 1.807) is 0 Å². The smallest absolute Gasteiger partial charge is 0.131 e. The number of anilines is 2. The van der Waals surface area contributed by atoms with Gasteiger partial charge in [-0.1, -0.05) is 0 Å². The third-order valence-corrected chi connectivity index (χ3v) is 5.16. The summed E-state index contributed by atoms with van der Waals surface area (Å²) in [6.45, 7) is 0.914. The lowest BCUT2D eigenvalue weighted by atomic mass is 10.0. The molecule has 3 N–H and O–H groups in total. The van der Waals surface area contributed by atoms with Crippen LogP contribution in [0.25, 0.3) is 0 Å². The molecule has 0 aliphatic heterocycles. The van der Waals surface area contributed by atoms with Gasteiger partial charge in [-0.3, -0.25) is 0 Å². The molecule has 0 bridgehead atoms. The van der Waals surface area contributed by atoms with E-state index in [1.165, 1.54) is 37.0 Å². The van der Waals surface area contributed by atoms with Crippen LogP contribution < -0.4 is 11.1 Å². The van der Waals surface area contributed by atoms with Crippen molar-refractivity contribution in [2.24, 2.45) is 11.3 Å². The zero-order valence-electron chi connectivity index (χ0n) is 9.99. The molecule has 18 heavy (non-hydrogen) atoms. The van der Waals surface area contributed by atoms with Crippen LogP contribution in [0.5, 0.6) is 0 Å². The fourth-order valence-electron chi connectivity index (χ4n) is 2.60. The summed E-state index contributed by atoms with van der Waals surface area (Å²) in [4.78, 5) is 0.435. The zero-order valence-corrected chi connectivity index (χ0v) is 10.8. The van der Waals surface area contributed by atoms with E-state index < -0.39 is 0 Å². The van der Waals surface area contributed by atoms with Gasteiger partial charge in [0.2, 0.25) is 0 Å². The number of rotatable bonds is 4. The van der Waals surface area contributed by atoms with Gasteiger partial charge in [-0.15, -0.1) is 11.3 Å². The van der Waals surface area contributed by atoms with E-state index in [9.17, 15) is 0 Å². The maximum atomic E-state index is 9.10. The molecular formula is C13H14N4S. The number of nitriles is 2. The number of nitrogens with one attached hydrogen (secondary N) is 1. The van der Waals surface area contributed by atoms with Crippen LogP contribution in [0.3, 0.4) is 0 Å². The second-order valence-corrected chi connectivity index (χ2v) is 6.28. The first-order valence-electron chi connectivity index (χ1n) is 6.16. The summed E-state index contributed by atoms with van der Waals surface area (Å²) in [5.41, 5.74) is 7.00. The van der Waals surface area contributed by atoms with Gasteiger partial charge in [-0.25, -0.2) is 0 Å². The Labute approximate surface area is 110 Å². The van der Waals surface area contributed by atoms with Gasteiger partial charge in [0.15, 0.2) is 0 Å². The molecule has 1 heterocycles. The number of hydrogen-bond donors (Lipinski definition) is 2. The van der Waals surface area contributed by atoms with E-state index in [2.05, 4.69) is 11.4 Å². The molecule has 0 amide bonds. The largest absolute Gasteiger partial charge is 0.396 e. The van der Waals surface area contributed by atoms with Gasteiger partial charge in [0.25, 0.3) is 0 Å². The number of nitrogen functional groups attached to an aromatic ring is 1. The van der Waals surface area contributed by atoms with E-state index >= 15 is 0 Å². The highest BCUT2D eigenvalue weighted by atomic mass is 32.1. The van der Waals surface area contributed by atoms with E-state index in [4.69, 9.17) is 16.3 Å². The molecule has 0 spiro atoms. The Morgan fingerprint density at radius 1 is 1.33 bits per heavy atom. The lowest BCUT2D eigenvalue weighted by Crippen LogP contribution is -2.17. The zero-order chi connectivity index (χ0) is 12.8. The molecule has 0 aromatic carbocycles. The number of nitrogens with zero attached hydrogens (tertiary/aromatic N) is 2. The minimum atomic E-state index is 0.323. The summed E-state index contributed by atoms with van der Waals surface area (Å²) in [5.74, 6) is 0.878. The van der Waals surface area contributed by atoms with Crippen LogP contribution >= 0.6 is 11.3 Å². The van der Waals surface area contributed by atoms with Gasteiger partial charge >= 0.3 is 0 Å². The third kappa shape index (κ3) is 1.72. The average Bonchev–Trinajstić information content (AvgIpc) is 3.24. The van der Waals surface area contributed by atoms with Crippen LogP contribution in [-0.2, 0) is 0 Å². The Hall–Kier alpha value is -1.72. The Morgan fingerprint density at radius 2 is 2.06 bits per heavy atom. The molecule has 4 nitrogen and oxygen atoms in total. The highest BCUT2D eigenvalue weighted by molar-refractivity contribution is 7.17. The fraction of sp³-hybridized carbons (Fsp3) is 0.538. The van der Waals surface area contributed by atoms with Crippen LogP contribution in [0.4, 0.5) is 10.7 Å². The average molecular weight is 258 g/mol. The molecule has 1 aromatic rings. The van der Waals surface area contributed by atoms with Crippen molar-refractivity contribution in [3.63, 3.8) is 0 Å². The molecule has 5 heteroatoms. The molecule has 0 saturated heterocycles. The minimum Gasteiger partial charge on any atom is -0.396 e. The van der Waals surface area contributed by atoms with Crippen LogP contribution in [0.2, 0.25) is 0 Å². The Morgan fingerprint density at radius 3 is 2.56 bits per heavy atom. The standard InChI is InChI=1S/C13H14N4S/c14-5-9-11(16)10(6-15)18-12(9)17-7-13(3-4-13)8-1-2-8/h8,17H,1-4,7,16H2. The first-order valence-corrected chi connectivity index (χ1v) is 6.98. The maximum absolute atomic E-state index is 9.10. The van der Waals surface area contributed by atoms with Crippen molar-refractivity contribution in [1.82, 2.24) is 0 Å². The summed E-state index contributed by atoms with van der Waals surface area (Å²) in [6.07, 6.45) is 5.28. The van der Waals surface area contributed by atoms with Crippen molar-refractivity contribution in [1.29, 1.82) is 10.5 Å². The summed E-state index contributed by atoms with van der Waals surface area (Å²) >= 11 is 1.29. The van der Waals surface area contributed by atoms with Crippen molar-refractivity contribution in [2.75, 3.05) is 17.6 Å². The molecule has 2 fully saturated rings. The summed E-state index contributed by atoms with van der Waals surface area (Å²) in [6, 6.07) is 4.13. The van der Waals surface area contributed by atoms with Crippen LogP contribution in [0, 0.1) is 34.0 Å². The predicted octanol–water partition coefficient (Wildman–Crippen LogP) is 2.68. The first-order chi connectivity index (χ1) is 8.70. The first kappa shape index (κ1) is 11.4. The van der Waals surface area contributed by atoms with E-state index in [1.807, 2.05) is 6.07 Å². The minimum absolute atomic E-state index is 0.323. The van der Waals surface area contributed by atoms with E-state index in [0.717, 1.165) is 17.5 Å². The molecule has 1 aromatic heterocycles. The molecule has 2 aliphatic carbocycles. The normalized spacial score (nSPS) is 19.9. The second kappa shape index (κ2) is 3.90. The van der Waals surface area contributed by atoms with E-state index in [0.29, 0.717) is 21.5 Å². The SMILES string of the molecule is N#Cc1sc(NCC2(C3CC3)CC2)c(C#N)c1N. The summed E-state index contributed by atoms with van der Waals surface area (Å²) < 4.78 is 0. The second-order valence-electron chi connectivity index (χ2n) is 5.26. The van der Waals surface area contributed by atoms with Gasteiger partial charge in [0.05, 0.1) is 5.69 Å². The molecule has 3 rings (SSSR count). The van der Waals surface area contributed by atoms with Crippen molar-refractivity contribution >= 4 is 22.0 Å². The quantitative estimate of drug-likeness (QED) is 0.869. The fourth-order valence-corrected chi connectivity index (χ4v) is 3.47. The lowest BCUT2D eigenvalue weighted by molar-refractivity contribution is 0.467. The Bertz CT molecular complexity index is 567. The van der Waals surface area contributed by atoms with E-state index in [-0.39, 0.29) is 0 Å². The maximum Gasteiger partial charge on any atom is 0.131 e. The number of nitrogens with two attached hydrogens (primary N) is 1. The summed E-state index contributed by atoms with van der Waals surface area (Å²) in [5, 5.41) is 22.1. The van der Waals surface area contributed by atoms with Crippen molar-refractivity contribution in [3.8, 4) is 12.1 Å². The number of hydrogen-bond acceptors (Lipinski definition) is 5. The molecular weight excluding hydrogens is 244 g/mol.